The zero-order chi connectivity index (χ0) is 8.32. The summed E-state index contributed by atoms with van der Waals surface area (Å²) in [5.74, 6) is 0. The van der Waals surface area contributed by atoms with Gasteiger partial charge in [0.15, 0.2) is 0 Å². The Hall–Kier alpha value is -0.340. The topological polar surface area (TPSA) is 23.5 Å². The Morgan fingerprint density at radius 3 is 2.82 bits per heavy atom. The van der Waals surface area contributed by atoms with Gasteiger partial charge in [0.05, 0.1) is 6.61 Å². The zero-order valence-electron chi connectivity index (χ0n) is 7.21. The summed E-state index contributed by atoms with van der Waals surface area (Å²) in [6.07, 6.45) is 5.11. The van der Waals surface area contributed by atoms with Crippen LogP contribution >= 0.6 is 0 Å². The van der Waals surface area contributed by atoms with Gasteiger partial charge in [-0.2, -0.15) is 0 Å². The molecule has 64 valence electrons. The van der Waals surface area contributed by atoms with Gasteiger partial charge in [0.2, 0.25) is 0 Å². The van der Waals surface area contributed by atoms with E-state index in [1.165, 1.54) is 6.42 Å². The molecule has 2 nitrogen and oxygen atoms in total. The quantitative estimate of drug-likeness (QED) is 0.615. The van der Waals surface area contributed by atoms with Crippen LogP contribution in [0.1, 0.15) is 19.3 Å². The predicted molar refractivity (Wildman–Crippen MR) is 46.5 cm³/mol. The Kier molecular flexibility index (Phi) is 2.68. The van der Waals surface area contributed by atoms with Gasteiger partial charge >= 0.3 is 0 Å². The maximum atomic E-state index is 9.23. The number of aliphatic hydroxyl groups excluding tert-OH is 1. The van der Waals surface area contributed by atoms with Gasteiger partial charge in [0.25, 0.3) is 0 Å². The molecule has 0 saturated carbocycles. The van der Waals surface area contributed by atoms with Crippen molar-refractivity contribution in [3.05, 3.63) is 12.7 Å². The standard InChI is InChI=1S/C9H17NO/c1-3-5-9(8-11)6-4-7-10(9)2/h3,11H,1,4-8H2,2H3. The lowest BCUT2D eigenvalue weighted by molar-refractivity contribution is 0.0864. The lowest BCUT2D eigenvalue weighted by Crippen LogP contribution is -2.44. The van der Waals surface area contributed by atoms with E-state index in [-0.39, 0.29) is 12.1 Å². The van der Waals surface area contributed by atoms with E-state index >= 15 is 0 Å². The normalized spacial score (nSPS) is 32.5. The van der Waals surface area contributed by atoms with Crippen molar-refractivity contribution in [3.63, 3.8) is 0 Å². The maximum Gasteiger partial charge on any atom is 0.0618 e. The first-order valence-corrected chi connectivity index (χ1v) is 4.18. The first-order valence-electron chi connectivity index (χ1n) is 4.18. The second-order valence-electron chi connectivity index (χ2n) is 3.40. The summed E-state index contributed by atoms with van der Waals surface area (Å²) in [7, 11) is 2.08. The second kappa shape index (κ2) is 3.37. The molecule has 0 aliphatic carbocycles. The van der Waals surface area contributed by atoms with Crippen LogP contribution in [0, 0.1) is 0 Å². The molecule has 1 heterocycles. The van der Waals surface area contributed by atoms with Crippen LogP contribution in [0.5, 0.6) is 0 Å². The van der Waals surface area contributed by atoms with Gasteiger partial charge in [-0.1, -0.05) is 6.08 Å². The molecule has 0 aromatic heterocycles. The summed E-state index contributed by atoms with van der Waals surface area (Å²) >= 11 is 0. The zero-order valence-corrected chi connectivity index (χ0v) is 7.21. The average Bonchev–Trinajstić information content (AvgIpc) is 2.35. The van der Waals surface area contributed by atoms with Crippen LogP contribution in [0.25, 0.3) is 0 Å². The molecule has 0 spiro atoms. The van der Waals surface area contributed by atoms with E-state index in [0.717, 1.165) is 19.4 Å². The molecule has 0 radical (unpaired) electrons. The molecule has 1 atom stereocenters. The summed E-state index contributed by atoms with van der Waals surface area (Å²) in [6.45, 7) is 5.08. The number of aliphatic hydroxyl groups is 1. The van der Waals surface area contributed by atoms with Crippen LogP contribution in [0.3, 0.4) is 0 Å². The molecular formula is C9H17NO. The molecule has 11 heavy (non-hydrogen) atoms. The SMILES string of the molecule is C=CCC1(CO)CCCN1C. The number of likely N-dealkylation sites (N-methyl/N-ethyl adjacent to an activating group) is 1. The third-order valence-corrected chi connectivity index (χ3v) is 2.76. The van der Waals surface area contributed by atoms with E-state index in [0.29, 0.717) is 0 Å². The van der Waals surface area contributed by atoms with Gasteiger partial charge in [-0.05, 0) is 32.9 Å². The summed E-state index contributed by atoms with van der Waals surface area (Å²) < 4.78 is 0. The second-order valence-corrected chi connectivity index (χ2v) is 3.40. The summed E-state index contributed by atoms with van der Waals surface area (Å²) in [5.41, 5.74) is 0.0156. The van der Waals surface area contributed by atoms with E-state index < -0.39 is 0 Å². The van der Waals surface area contributed by atoms with Crippen molar-refractivity contribution < 1.29 is 5.11 Å². The first kappa shape index (κ1) is 8.75. The summed E-state index contributed by atoms with van der Waals surface area (Å²) in [5, 5.41) is 9.23. The van der Waals surface area contributed by atoms with E-state index in [4.69, 9.17) is 0 Å². The number of hydrogen-bond acceptors (Lipinski definition) is 2. The minimum absolute atomic E-state index is 0.0156. The number of nitrogens with zero attached hydrogens (tertiary/aromatic N) is 1. The highest BCUT2D eigenvalue weighted by atomic mass is 16.3. The van der Waals surface area contributed by atoms with Crippen molar-refractivity contribution in [1.29, 1.82) is 0 Å². The number of rotatable bonds is 3. The van der Waals surface area contributed by atoms with Crippen molar-refractivity contribution in [2.45, 2.75) is 24.8 Å². The van der Waals surface area contributed by atoms with Crippen molar-refractivity contribution >= 4 is 0 Å². The average molecular weight is 155 g/mol. The largest absolute Gasteiger partial charge is 0.394 e. The summed E-state index contributed by atoms with van der Waals surface area (Å²) in [6, 6.07) is 0. The Labute approximate surface area is 68.5 Å². The predicted octanol–water partition coefficient (Wildman–Crippen LogP) is 1.02. The molecule has 1 aliphatic heterocycles. The fraction of sp³-hybridized carbons (Fsp3) is 0.778. The summed E-state index contributed by atoms with van der Waals surface area (Å²) in [4.78, 5) is 2.24. The van der Waals surface area contributed by atoms with E-state index in [1.807, 2.05) is 6.08 Å². The Morgan fingerprint density at radius 1 is 1.73 bits per heavy atom. The molecule has 1 fully saturated rings. The minimum Gasteiger partial charge on any atom is -0.394 e. The van der Waals surface area contributed by atoms with Crippen molar-refractivity contribution in [3.8, 4) is 0 Å². The molecule has 1 saturated heterocycles. The van der Waals surface area contributed by atoms with E-state index in [9.17, 15) is 5.11 Å². The number of likely N-dealkylation sites (tertiary alicyclic amines) is 1. The lowest BCUT2D eigenvalue weighted by atomic mass is 9.93. The molecule has 1 N–H and O–H groups in total. The monoisotopic (exact) mass is 155 g/mol. The van der Waals surface area contributed by atoms with Gasteiger partial charge in [0, 0.05) is 5.54 Å². The highest BCUT2D eigenvalue weighted by molar-refractivity contribution is 4.98. The Bertz CT molecular complexity index is 146. The van der Waals surface area contributed by atoms with Crippen LogP contribution in [0.2, 0.25) is 0 Å². The van der Waals surface area contributed by atoms with Crippen LogP contribution in [0.4, 0.5) is 0 Å². The third-order valence-electron chi connectivity index (χ3n) is 2.76. The van der Waals surface area contributed by atoms with Crippen molar-refractivity contribution in [1.82, 2.24) is 4.90 Å². The molecule has 0 aromatic rings. The van der Waals surface area contributed by atoms with Crippen molar-refractivity contribution in [2.24, 2.45) is 0 Å². The van der Waals surface area contributed by atoms with Crippen LogP contribution in [-0.2, 0) is 0 Å². The smallest absolute Gasteiger partial charge is 0.0618 e. The molecule has 0 amide bonds. The fourth-order valence-electron chi connectivity index (χ4n) is 1.86. The molecule has 0 aromatic carbocycles. The van der Waals surface area contributed by atoms with Crippen LogP contribution in [0.15, 0.2) is 12.7 Å². The van der Waals surface area contributed by atoms with Gasteiger partial charge in [-0.3, -0.25) is 4.90 Å². The molecule has 1 unspecified atom stereocenters. The molecule has 2 heteroatoms. The van der Waals surface area contributed by atoms with Crippen LogP contribution in [-0.4, -0.2) is 35.7 Å². The van der Waals surface area contributed by atoms with Gasteiger partial charge in [-0.15, -0.1) is 6.58 Å². The van der Waals surface area contributed by atoms with Gasteiger partial charge in [0.1, 0.15) is 0 Å². The van der Waals surface area contributed by atoms with Gasteiger partial charge < -0.3 is 5.11 Å². The molecule has 1 aliphatic rings. The highest BCUT2D eigenvalue weighted by Crippen LogP contribution is 2.30. The molecule has 0 bridgehead atoms. The fourth-order valence-corrected chi connectivity index (χ4v) is 1.86. The first-order chi connectivity index (χ1) is 5.25. The molecular weight excluding hydrogens is 138 g/mol. The minimum atomic E-state index is 0.0156. The Balaban J connectivity index is 2.64. The van der Waals surface area contributed by atoms with E-state index in [1.54, 1.807) is 0 Å². The van der Waals surface area contributed by atoms with Gasteiger partial charge in [-0.25, -0.2) is 0 Å². The third kappa shape index (κ3) is 1.47. The van der Waals surface area contributed by atoms with Crippen LogP contribution < -0.4 is 0 Å². The highest BCUT2D eigenvalue weighted by Gasteiger charge is 2.36. The maximum absolute atomic E-state index is 9.23. The lowest BCUT2D eigenvalue weighted by Gasteiger charge is -2.33. The van der Waals surface area contributed by atoms with Crippen molar-refractivity contribution in [2.75, 3.05) is 20.2 Å². The number of hydrogen-bond donors (Lipinski definition) is 1. The Morgan fingerprint density at radius 2 is 2.45 bits per heavy atom. The molecule has 1 rings (SSSR count). The van der Waals surface area contributed by atoms with E-state index in [2.05, 4.69) is 18.5 Å².